The number of carbonyl (C=O) groups is 2. The number of rotatable bonds is 5. The van der Waals surface area contributed by atoms with Crippen LogP contribution >= 0.6 is 34.8 Å². The highest BCUT2D eigenvalue weighted by molar-refractivity contribution is 6.42. The molecule has 4 heterocycles. The van der Waals surface area contributed by atoms with Gasteiger partial charge in [-0.25, -0.2) is 19.6 Å². The number of para-hydroxylation sites is 2. The molecule has 0 aliphatic carbocycles. The largest absolute Gasteiger partial charge is 0.465 e. The van der Waals surface area contributed by atoms with Crippen LogP contribution in [-0.2, 0) is 9.47 Å². The van der Waals surface area contributed by atoms with Gasteiger partial charge in [0.25, 0.3) is 0 Å². The monoisotopic (exact) mass is 786 g/mol. The second-order valence-electron chi connectivity index (χ2n) is 15.3. The minimum absolute atomic E-state index is 0.0514. The highest BCUT2D eigenvalue weighted by Crippen LogP contribution is 2.36. The maximum absolute atomic E-state index is 12.4. The van der Waals surface area contributed by atoms with Crippen molar-refractivity contribution in [3.05, 3.63) is 75.0 Å². The van der Waals surface area contributed by atoms with Crippen molar-refractivity contribution in [1.29, 1.82) is 0 Å². The van der Waals surface area contributed by atoms with Crippen molar-refractivity contribution in [2.24, 2.45) is 0 Å². The molecule has 4 aromatic rings. The number of benzene rings is 2. The molecule has 0 amide bonds. The Morgan fingerprint density at radius 2 is 1.13 bits per heavy atom. The predicted octanol–water partition coefficient (Wildman–Crippen LogP) is 8.49. The molecule has 2 fully saturated rings. The van der Waals surface area contributed by atoms with Gasteiger partial charge in [-0.2, -0.15) is 0 Å². The van der Waals surface area contributed by atoms with Crippen molar-refractivity contribution in [2.75, 3.05) is 45.3 Å². The molecule has 10 nitrogen and oxygen atoms in total. The molecule has 2 saturated heterocycles. The van der Waals surface area contributed by atoms with E-state index in [1.165, 1.54) is 40.2 Å². The minimum atomic E-state index is -0.590. The molecule has 0 bridgehead atoms. The highest BCUT2D eigenvalue weighted by atomic mass is 35.5. The number of nitrogens with zero attached hydrogens (tertiary/aromatic N) is 3. The Bertz CT molecular complexity index is 1860. The van der Waals surface area contributed by atoms with Gasteiger partial charge in [-0.1, -0.05) is 71.2 Å². The number of hydrogen-bond acceptors (Lipinski definition) is 10. The Morgan fingerprint density at radius 1 is 0.698 bits per heavy atom. The summed E-state index contributed by atoms with van der Waals surface area (Å²) >= 11 is 18.3. The molecule has 3 N–H and O–H groups in total. The molecule has 2 aromatic heterocycles. The summed E-state index contributed by atoms with van der Waals surface area (Å²) in [4.78, 5) is 34.6. The molecule has 0 spiro atoms. The van der Waals surface area contributed by atoms with E-state index < -0.39 is 11.9 Å². The van der Waals surface area contributed by atoms with E-state index in [-0.39, 0.29) is 32.0 Å². The fourth-order valence-electron chi connectivity index (χ4n) is 6.63. The summed E-state index contributed by atoms with van der Waals surface area (Å²) in [6.45, 7) is 17.3. The Kier molecular flexibility index (Phi) is 15.1. The smallest absolute Gasteiger partial charge is 0.343 e. The van der Waals surface area contributed by atoms with Crippen LogP contribution in [0.15, 0.2) is 48.5 Å². The number of nitrogens with one attached hydrogen (secondary N) is 3. The van der Waals surface area contributed by atoms with Gasteiger partial charge in [0.05, 0.1) is 36.0 Å². The quantitative estimate of drug-likeness (QED) is 0.134. The molecule has 2 aliphatic rings. The number of ether oxygens (including phenoxy) is 2. The van der Waals surface area contributed by atoms with Crippen LogP contribution in [0.1, 0.15) is 87.9 Å². The fourth-order valence-corrected chi connectivity index (χ4v) is 7.53. The third kappa shape index (κ3) is 11.9. The van der Waals surface area contributed by atoms with Crippen molar-refractivity contribution in [3.8, 4) is 0 Å². The number of aromatic nitrogens is 2. The number of piperidine rings is 2. The first kappa shape index (κ1) is 42.5. The number of methoxy groups -OCH3 is 2. The summed E-state index contributed by atoms with van der Waals surface area (Å²) in [5.41, 5.74) is 3.10. The van der Waals surface area contributed by atoms with E-state index in [1.54, 1.807) is 12.1 Å². The van der Waals surface area contributed by atoms with Gasteiger partial charge in [-0.15, -0.1) is 0 Å². The summed E-state index contributed by atoms with van der Waals surface area (Å²) < 4.78 is 9.58. The van der Waals surface area contributed by atoms with E-state index in [0.29, 0.717) is 22.5 Å². The van der Waals surface area contributed by atoms with E-state index in [0.717, 1.165) is 48.6 Å². The van der Waals surface area contributed by atoms with E-state index in [1.807, 2.05) is 36.4 Å². The van der Waals surface area contributed by atoms with Crippen molar-refractivity contribution >= 4 is 74.2 Å². The van der Waals surface area contributed by atoms with Crippen molar-refractivity contribution in [3.63, 3.8) is 0 Å². The van der Waals surface area contributed by atoms with Gasteiger partial charge in [0.1, 0.15) is 21.4 Å². The SMILES string of the molecule is CC(C)(C)NC1CCNCC1.COC(=O)c1c(Cl)nc2ccccc2c1Cl.COC(=O)c1c(Cl)nc2ccccc2c1N1CCC(NC(C)(C)C)CC1. The Balaban J connectivity index is 0.000000197. The zero-order valence-electron chi connectivity index (χ0n) is 32.0. The second kappa shape index (κ2) is 18.9. The zero-order chi connectivity index (χ0) is 38.9. The van der Waals surface area contributed by atoms with Crippen molar-refractivity contribution < 1.29 is 19.1 Å². The van der Waals surface area contributed by atoms with Gasteiger partial charge in [0, 0.05) is 47.0 Å². The third-order valence-corrected chi connectivity index (χ3v) is 9.75. The maximum Gasteiger partial charge on any atom is 0.343 e. The summed E-state index contributed by atoms with van der Waals surface area (Å²) in [5.74, 6) is -1.04. The first-order valence-corrected chi connectivity index (χ1v) is 19.2. The molecule has 6 rings (SSSR count). The average Bonchev–Trinajstić information content (AvgIpc) is 3.10. The van der Waals surface area contributed by atoms with Gasteiger partial charge >= 0.3 is 11.9 Å². The summed E-state index contributed by atoms with van der Waals surface area (Å²) in [7, 11) is 2.64. The lowest BCUT2D eigenvalue weighted by atomic mass is 9.98. The van der Waals surface area contributed by atoms with Crippen LogP contribution in [0, 0.1) is 0 Å². The number of hydrogen-bond donors (Lipinski definition) is 3. The topological polar surface area (TPSA) is 118 Å². The van der Waals surface area contributed by atoms with Crippen LogP contribution in [0.3, 0.4) is 0 Å². The fraction of sp³-hybridized carbons (Fsp3) is 0.500. The molecule has 2 aliphatic heterocycles. The Hall–Kier alpha value is -3.25. The number of esters is 2. The molecule has 0 atom stereocenters. The number of anilines is 1. The van der Waals surface area contributed by atoms with Crippen LogP contribution in [0.25, 0.3) is 21.8 Å². The van der Waals surface area contributed by atoms with E-state index in [2.05, 4.69) is 77.1 Å². The highest BCUT2D eigenvalue weighted by Gasteiger charge is 2.29. The number of halogens is 3. The average molecular weight is 788 g/mol. The van der Waals surface area contributed by atoms with Gasteiger partial charge in [-0.3, -0.25) is 0 Å². The molecule has 2 aromatic carbocycles. The molecule has 0 radical (unpaired) electrons. The van der Waals surface area contributed by atoms with Crippen molar-refractivity contribution in [2.45, 2.75) is 90.4 Å². The van der Waals surface area contributed by atoms with Crippen LogP contribution in [-0.4, -0.2) is 85.5 Å². The zero-order valence-corrected chi connectivity index (χ0v) is 34.3. The van der Waals surface area contributed by atoms with Crippen LogP contribution < -0.4 is 20.9 Å². The lowest BCUT2D eigenvalue weighted by Crippen LogP contribution is -2.49. The lowest BCUT2D eigenvalue weighted by Gasteiger charge is -2.38. The molecule has 13 heteroatoms. The predicted molar refractivity (Wildman–Crippen MR) is 218 cm³/mol. The molecule has 0 unspecified atom stereocenters. The maximum atomic E-state index is 12.4. The molecule has 0 saturated carbocycles. The van der Waals surface area contributed by atoms with Gasteiger partial charge in [0.15, 0.2) is 0 Å². The first-order valence-electron chi connectivity index (χ1n) is 18.0. The van der Waals surface area contributed by atoms with Gasteiger partial charge < -0.3 is 30.3 Å². The summed E-state index contributed by atoms with van der Waals surface area (Å²) in [6, 6.07) is 16.2. The molecular formula is C40H53Cl3N6O4. The summed E-state index contributed by atoms with van der Waals surface area (Å²) in [6.07, 6.45) is 4.56. The van der Waals surface area contributed by atoms with Crippen LogP contribution in [0.5, 0.6) is 0 Å². The van der Waals surface area contributed by atoms with Crippen molar-refractivity contribution in [1.82, 2.24) is 25.9 Å². The van der Waals surface area contributed by atoms with E-state index in [4.69, 9.17) is 39.5 Å². The second-order valence-corrected chi connectivity index (χ2v) is 16.4. The number of fused-ring (bicyclic) bond motifs is 2. The lowest BCUT2D eigenvalue weighted by molar-refractivity contribution is 0.0592. The standard InChI is InChI=1S/C20H26ClN3O2.C11H7Cl2NO2.C9H20N2/c1-20(2,3)23-13-9-11-24(12-10-13)17-14-7-5-6-8-15(14)22-18(21)16(17)19(25)26-4;1-16-11(15)8-9(12)6-4-2-3-5-7(6)14-10(8)13;1-9(2,3)11-8-4-6-10-7-5-8/h5-8,13,23H,9-12H2,1-4H3;2-5H,1H3;8,10-11H,4-7H2,1-3H3. The van der Waals surface area contributed by atoms with E-state index >= 15 is 0 Å². The normalized spacial score (nSPS) is 15.6. The Morgan fingerprint density at radius 3 is 1.64 bits per heavy atom. The molecule has 288 valence electrons. The number of carbonyl (C=O) groups excluding carboxylic acids is 2. The van der Waals surface area contributed by atoms with Gasteiger partial charge in [0.2, 0.25) is 0 Å². The van der Waals surface area contributed by atoms with Crippen LogP contribution in [0.4, 0.5) is 5.69 Å². The molecular weight excluding hydrogens is 735 g/mol. The molecule has 53 heavy (non-hydrogen) atoms. The Labute approximate surface area is 328 Å². The van der Waals surface area contributed by atoms with Crippen LogP contribution in [0.2, 0.25) is 15.3 Å². The first-order chi connectivity index (χ1) is 25.0. The third-order valence-electron chi connectivity index (χ3n) is 8.81. The van der Waals surface area contributed by atoms with E-state index in [9.17, 15) is 9.59 Å². The minimum Gasteiger partial charge on any atom is -0.465 e. The summed E-state index contributed by atoms with van der Waals surface area (Å²) in [5, 5.41) is 12.8. The van der Waals surface area contributed by atoms with Gasteiger partial charge in [-0.05, 0) is 92.4 Å². The number of pyridine rings is 2.